The number of aromatic nitrogens is 1. The smallest absolute Gasteiger partial charge is 0.269 e. The third-order valence-electron chi connectivity index (χ3n) is 5.21. The minimum absolute atomic E-state index is 0.0141. The minimum Gasteiger partial charge on any atom is -0.494 e. The summed E-state index contributed by atoms with van der Waals surface area (Å²) in [4.78, 5) is 32.2. The monoisotopic (exact) mass is 468 g/mol. The second-order valence-electron chi connectivity index (χ2n) is 7.26. The van der Waals surface area contributed by atoms with Gasteiger partial charge in [-0.25, -0.2) is 4.98 Å². The predicted molar refractivity (Wildman–Crippen MR) is 133 cm³/mol. The number of ether oxygens (including phenoxy) is 1. The zero-order valence-electron chi connectivity index (χ0n) is 19.1. The van der Waals surface area contributed by atoms with Crippen LogP contribution in [0.25, 0.3) is 16.3 Å². The van der Waals surface area contributed by atoms with E-state index in [9.17, 15) is 14.9 Å². The lowest BCUT2D eigenvalue weighted by Gasteiger charge is -2.23. The molecule has 3 rings (SSSR count). The second kappa shape index (κ2) is 11.5. The Hall–Kier alpha value is -3.30. The maximum Gasteiger partial charge on any atom is 0.269 e. The highest BCUT2D eigenvalue weighted by atomic mass is 32.1. The van der Waals surface area contributed by atoms with Gasteiger partial charge in [-0.15, -0.1) is 0 Å². The average Bonchev–Trinajstić information content (AvgIpc) is 3.24. The molecule has 1 aromatic heterocycles. The molecule has 9 heteroatoms. The zero-order valence-corrected chi connectivity index (χ0v) is 19.9. The van der Waals surface area contributed by atoms with E-state index < -0.39 is 4.92 Å². The average molecular weight is 469 g/mol. The second-order valence-corrected chi connectivity index (χ2v) is 8.27. The number of hydrogen-bond donors (Lipinski definition) is 0. The van der Waals surface area contributed by atoms with Gasteiger partial charge in [-0.05, 0) is 62.0 Å². The molecule has 0 atom stereocenters. The lowest BCUT2D eigenvalue weighted by molar-refractivity contribution is -0.384. The number of thiazole rings is 1. The number of benzene rings is 2. The van der Waals surface area contributed by atoms with Gasteiger partial charge in [-0.1, -0.05) is 25.2 Å². The number of anilines is 1. The van der Waals surface area contributed by atoms with Gasteiger partial charge in [0, 0.05) is 31.3 Å². The van der Waals surface area contributed by atoms with Gasteiger partial charge < -0.3 is 9.64 Å². The molecular formula is C24H28N4O4S. The van der Waals surface area contributed by atoms with Gasteiger partial charge in [0.15, 0.2) is 5.13 Å². The van der Waals surface area contributed by atoms with Crippen LogP contribution in [0.3, 0.4) is 0 Å². The first-order valence-electron chi connectivity index (χ1n) is 10.9. The summed E-state index contributed by atoms with van der Waals surface area (Å²) >= 11 is 1.45. The van der Waals surface area contributed by atoms with Crippen molar-refractivity contribution >= 4 is 44.4 Å². The number of nitro benzene ring substituents is 1. The largest absolute Gasteiger partial charge is 0.494 e. The molecule has 0 N–H and O–H groups in total. The van der Waals surface area contributed by atoms with Crippen molar-refractivity contribution in [3.05, 3.63) is 64.2 Å². The molecule has 174 valence electrons. The number of nitrogens with zero attached hydrogens (tertiary/aromatic N) is 4. The number of nitro groups is 1. The number of hydrogen-bond acceptors (Lipinski definition) is 7. The maximum absolute atomic E-state index is 13.2. The van der Waals surface area contributed by atoms with Crippen LogP contribution >= 0.6 is 11.3 Å². The van der Waals surface area contributed by atoms with Gasteiger partial charge in [0.2, 0.25) is 0 Å². The molecule has 0 radical (unpaired) electrons. The van der Waals surface area contributed by atoms with Crippen molar-refractivity contribution in [1.82, 2.24) is 9.88 Å². The van der Waals surface area contributed by atoms with E-state index in [1.54, 1.807) is 23.1 Å². The van der Waals surface area contributed by atoms with Crippen LogP contribution in [0.5, 0.6) is 5.75 Å². The van der Waals surface area contributed by atoms with E-state index in [1.807, 2.05) is 25.1 Å². The molecule has 0 saturated carbocycles. The Morgan fingerprint density at radius 1 is 1.12 bits per heavy atom. The summed E-state index contributed by atoms with van der Waals surface area (Å²) in [5, 5.41) is 11.5. The van der Waals surface area contributed by atoms with Crippen LogP contribution in [0.15, 0.2) is 48.5 Å². The van der Waals surface area contributed by atoms with Crippen molar-refractivity contribution < 1.29 is 14.5 Å². The van der Waals surface area contributed by atoms with Crippen LogP contribution in [-0.4, -0.2) is 53.5 Å². The minimum atomic E-state index is -0.447. The Labute approximate surface area is 197 Å². The summed E-state index contributed by atoms with van der Waals surface area (Å²) < 4.78 is 6.54. The highest BCUT2D eigenvalue weighted by molar-refractivity contribution is 7.22. The van der Waals surface area contributed by atoms with Gasteiger partial charge in [-0.2, -0.15) is 0 Å². The van der Waals surface area contributed by atoms with Crippen molar-refractivity contribution in [2.75, 3.05) is 37.7 Å². The fourth-order valence-corrected chi connectivity index (χ4v) is 4.34. The van der Waals surface area contributed by atoms with Crippen molar-refractivity contribution in [2.45, 2.75) is 20.8 Å². The highest BCUT2D eigenvalue weighted by Crippen LogP contribution is 2.32. The fraction of sp³-hybridized carbons (Fsp3) is 0.333. The molecule has 0 unspecified atom stereocenters. The summed E-state index contributed by atoms with van der Waals surface area (Å²) in [5.74, 6) is 0.587. The summed E-state index contributed by atoms with van der Waals surface area (Å²) in [6.45, 7) is 9.73. The Bertz CT molecular complexity index is 1120. The first kappa shape index (κ1) is 24.3. The van der Waals surface area contributed by atoms with Crippen molar-refractivity contribution in [3.63, 3.8) is 0 Å². The van der Waals surface area contributed by atoms with Crippen LogP contribution < -0.4 is 9.64 Å². The van der Waals surface area contributed by atoms with Crippen molar-refractivity contribution in [3.8, 4) is 5.75 Å². The third kappa shape index (κ3) is 6.36. The van der Waals surface area contributed by atoms with Crippen molar-refractivity contribution in [1.29, 1.82) is 0 Å². The summed E-state index contributed by atoms with van der Waals surface area (Å²) in [5.41, 5.74) is 1.54. The molecule has 3 aromatic rings. The molecule has 0 saturated heterocycles. The highest BCUT2D eigenvalue weighted by Gasteiger charge is 2.19. The molecule has 0 aliphatic rings. The zero-order chi connectivity index (χ0) is 23.8. The van der Waals surface area contributed by atoms with Crippen LogP contribution in [0.4, 0.5) is 10.8 Å². The third-order valence-corrected chi connectivity index (χ3v) is 6.25. The number of likely N-dealkylation sites (N-methyl/N-ethyl adjacent to an activating group) is 1. The van der Waals surface area contributed by atoms with E-state index >= 15 is 0 Å². The normalized spacial score (nSPS) is 11.4. The molecule has 0 fully saturated rings. The van der Waals surface area contributed by atoms with Crippen LogP contribution in [0.1, 0.15) is 26.3 Å². The maximum atomic E-state index is 13.2. The Morgan fingerprint density at radius 3 is 2.48 bits per heavy atom. The molecule has 0 aliphatic heterocycles. The molecular weight excluding hydrogens is 440 g/mol. The summed E-state index contributed by atoms with van der Waals surface area (Å²) in [6, 6.07) is 11.8. The standard InChI is InChI=1S/C24H28N4O4S/c1-4-26(5-2)15-16-27(23(29)14-9-18-7-10-19(11-8-18)28(30)31)24-25-21-13-12-20(32-6-3)17-22(21)33-24/h7-14,17H,4-6,15-16H2,1-3H3/b14-9-. The number of fused-ring (bicyclic) bond motifs is 1. The molecule has 0 bridgehead atoms. The Kier molecular flexibility index (Phi) is 8.51. The van der Waals surface area contributed by atoms with E-state index in [2.05, 4.69) is 18.7 Å². The Morgan fingerprint density at radius 2 is 1.85 bits per heavy atom. The molecule has 0 aliphatic carbocycles. The first-order valence-corrected chi connectivity index (χ1v) is 11.8. The number of rotatable bonds is 11. The van der Waals surface area contributed by atoms with E-state index in [0.29, 0.717) is 23.8 Å². The topological polar surface area (TPSA) is 88.8 Å². The van der Waals surface area contributed by atoms with Gasteiger partial charge >= 0.3 is 0 Å². The molecule has 2 aromatic carbocycles. The predicted octanol–water partition coefficient (Wildman–Crippen LogP) is 4.99. The first-order chi connectivity index (χ1) is 15.9. The van der Waals surface area contributed by atoms with Gasteiger partial charge in [0.05, 0.1) is 21.7 Å². The molecule has 0 spiro atoms. The number of carbonyl (C=O) groups excluding carboxylic acids is 1. The summed E-state index contributed by atoms with van der Waals surface area (Å²) in [6.07, 6.45) is 3.15. The van der Waals surface area contributed by atoms with Crippen LogP contribution in [0, 0.1) is 10.1 Å². The quantitative estimate of drug-likeness (QED) is 0.224. The van der Waals surface area contributed by atoms with Gasteiger partial charge in [0.25, 0.3) is 11.6 Å². The fourth-order valence-electron chi connectivity index (χ4n) is 3.31. The number of non-ortho nitro benzene ring substituents is 1. The van der Waals surface area contributed by atoms with Crippen LogP contribution in [0.2, 0.25) is 0 Å². The molecule has 8 nitrogen and oxygen atoms in total. The van der Waals surface area contributed by atoms with Gasteiger partial charge in [0.1, 0.15) is 5.75 Å². The van der Waals surface area contributed by atoms with Crippen molar-refractivity contribution in [2.24, 2.45) is 0 Å². The van der Waals surface area contributed by atoms with E-state index in [4.69, 9.17) is 9.72 Å². The SMILES string of the molecule is CCOc1ccc2nc(N(CCN(CC)CC)C(=O)/C=C\c3ccc([N+](=O)[O-])cc3)sc2c1. The number of carbonyl (C=O) groups is 1. The van der Waals surface area contributed by atoms with E-state index in [0.717, 1.165) is 35.6 Å². The summed E-state index contributed by atoms with van der Waals surface area (Å²) in [7, 11) is 0. The number of amides is 1. The molecule has 33 heavy (non-hydrogen) atoms. The van der Waals surface area contributed by atoms with E-state index in [1.165, 1.54) is 29.5 Å². The molecule has 1 amide bonds. The van der Waals surface area contributed by atoms with E-state index in [-0.39, 0.29) is 11.6 Å². The van der Waals surface area contributed by atoms with Gasteiger partial charge in [-0.3, -0.25) is 19.8 Å². The lowest BCUT2D eigenvalue weighted by atomic mass is 10.2. The Balaban J connectivity index is 1.85. The van der Waals surface area contributed by atoms with Crippen LogP contribution in [-0.2, 0) is 4.79 Å². The molecule has 1 heterocycles. The lowest BCUT2D eigenvalue weighted by Crippen LogP contribution is -2.38.